The van der Waals surface area contributed by atoms with E-state index in [1.165, 1.54) is 11.1 Å². The Hall–Kier alpha value is -3.35. The molecule has 0 N–H and O–H groups in total. The number of nitrogens with zero attached hydrogens (tertiary/aromatic N) is 2. The summed E-state index contributed by atoms with van der Waals surface area (Å²) in [6.07, 6.45) is 0. The van der Waals surface area contributed by atoms with Crippen molar-refractivity contribution in [2.75, 3.05) is 32.8 Å². The molecule has 1 aliphatic heterocycles. The zero-order chi connectivity index (χ0) is 27.1. The number of hydrogen-bond acceptors (Lipinski definition) is 6. The standard InChI is InChI=1S/C32H40N2O4/c1-6-36-31(35)32(4,5)38-30-24(2)20-27(21-25(30)3)23-34-18-16-33(17-19-34)22-26-12-14-29(15-13-26)37-28-10-8-7-9-11-28/h7-15,20-21H,6,16-19,22-23H2,1-5H3. The molecule has 1 saturated heterocycles. The highest BCUT2D eigenvalue weighted by Crippen LogP contribution is 2.30. The summed E-state index contributed by atoms with van der Waals surface area (Å²) in [7, 11) is 0. The van der Waals surface area contributed by atoms with E-state index in [-0.39, 0.29) is 5.97 Å². The Kier molecular flexibility index (Phi) is 9.08. The van der Waals surface area contributed by atoms with E-state index in [2.05, 4.69) is 34.1 Å². The molecule has 0 unspecified atom stereocenters. The number of ether oxygens (including phenoxy) is 3. The Balaban J connectivity index is 1.27. The predicted octanol–water partition coefficient (Wildman–Crippen LogP) is 6.13. The molecule has 1 fully saturated rings. The van der Waals surface area contributed by atoms with Crippen LogP contribution < -0.4 is 9.47 Å². The van der Waals surface area contributed by atoms with E-state index in [1.54, 1.807) is 20.8 Å². The van der Waals surface area contributed by atoms with Crippen LogP contribution in [0.1, 0.15) is 43.0 Å². The van der Waals surface area contributed by atoms with E-state index in [4.69, 9.17) is 14.2 Å². The van der Waals surface area contributed by atoms with Gasteiger partial charge in [-0.1, -0.05) is 42.5 Å². The van der Waals surface area contributed by atoms with Gasteiger partial charge in [-0.3, -0.25) is 9.80 Å². The molecule has 0 bridgehead atoms. The predicted molar refractivity (Wildman–Crippen MR) is 151 cm³/mol. The van der Waals surface area contributed by atoms with Crippen molar-refractivity contribution in [3.05, 3.63) is 89.0 Å². The first-order valence-electron chi connectivity index (χ1n) is 13.5. The number of para-hydroxylation sites is 1. The summed E-state index contributed by atoms with van der Waals surface area (Å²) in [6, 6.07) is 22.6. The molecule has 38 heavy (non-hydrogen) atoms. The summed E-state index contributed by atoms with van der Waals surface area (Å²) in [5, 5.41) is 0. The van der Waals surface area contributed by atoms with Crippen LogP contribution >= 0.6 is 0 Å². The lowest BCUT2D eigenvalue weighted by atomic mass is 10.0. The van der Waals surface area contributed by atoms with Crippen molar-refractivity contribution in [3.63, 3.8) is 0 Å². The van der Waals surface area contributed by atoms with Gasteiger partial charge in [0, 0.05) is 39.3 Å². The van der Waals surface area contributed by atoms with Crippen molar-refractivity contribution in [2.45, 2.75) is 53.3 Å². The number of piperazine rings is 1. The molecule has 3 aromatic carbocycles. The first-order chi connectivity index (χ1) is 18.2. The van der Waals surface area contributed by atoms with Crippen LogP contribution in [-0.4, -0.2) is 54.2 Å². The minimum Gasteiger partial charge on any atom is -0.476 e. The summed E-state index contributed by atoms with van der Waals surface area (Å²) in [5.41, 5.74) is 3.61. The highest BCUT2D eigenvalue weighted by Gasteiger charge is 2.32. The number of carbonyl (C=O) groups excluding carboxylic acids is 1. The lowest BCUT2D eigenvalue weighted by Gasteiger charge is -2.35. The van der Waals surface area contributed by atoms with Crippen LogP contribution in [0.4, 0.5) is 0 Å². The molecule has 202 valence electrons. The van der Waals surface area contributed by atoms with Gasteiger partial charge in [0.1, 0.15) is 17.2 Å². The third kappa shape index (κ3) is 7.36. The molecule has 1 heterocycles. The third-order valence-electron chi connectivity index (χ3n) is 6.82. The van der Waals surface area contributed by atoms with E-state index in [1.807, 2.05) is 56.3 Å². The largest absolute Gasteiger partial charge is 0.476 e. The zero-order valence-electron chi connectivity index (χ0n) is 23.3. The van der Waals surface area contributed by atoms with Gasteiger partial charge in [-0.05, 0) is 81.1 Å². The van der Waals surface area contributed by atoms with Gasteiger partial charge in [0.25, 0.3) is 0 Å². The van der Waals surface area contributed by atoms with Crippen molar-refractivity contribution in [1.82, 2.24) is 9.80 Å². The summed E-state index contributed by atoms with van der Waals surface area (Å²) >= 11 is 0. The highest BCUT2D eigenvalue weighted by molar-refractivity contribution is 5.79. The van der Waals surface area contributed by atoms with Crippen LogP contribution in [0.5, 0.6) is 17.2 Å². The second-order valence-corrected chi connectivity index (χ2v) is 10.5. The van der Waals surface area contributed by atoms with Crippen LogP contribution in [0, 0.1) is 13.8 Å². The molecule has 0 aromatic heterocycles. The number of benzene rings is 3. The molecule has 3 aromatic rings. The maximum atomic E-state index is 12.3. The zero-order valence-corrected chi connectivity index (χ0v) is 23.3. The Morgan fingerprint density at radius 1 is 0.789 bits per heavy atom. The maximum Gasteiger partial charge on any atom is 0.349 e. The van der Waals surface area contributed by atoms with Crippen LogP contribution in [0.3, 0.4) is 0 Å². The Morgan fingerprint density at radius 3 is 1.87 bits per heavy atom. The summed E-state index contributed by atoms with van der Waals surface area (Å²) < 4.78 is 17.2. The Labute approximate surface area is 227 Å². The quantitative estimate of drug-likeness (QED) is 0.302. The number of hydrogen-bond donors (Lipinski definition) is 0. The van der Waals surface area contributed by atoms with Crippen LogP contribution in [0.15, 0.2) is 66.7 Å². The highest BCUT2D eigenvalue weighted by atomic mass is 16.6. The molecule has 0 atom stereocenters. The first kappa shape index (κ1) is 27.7. The molecular formula is C32H40N2O4. The van der Waals surface area contributed by atoms with E-state index in [0.29, 0.717) is 6.61 Å². The van der Waals surface area contributed by atoms with Crippen LogP contribution in [0.25, 0.3) is 0 Å². The van der Waals surface area contributed by atoms with Gasteiger partial charge >= 0.3 is 5.97 Å². The molecule has 0 aliphatic carbocycles. The Bertz CT molecular complexity index is 1180. The van der Waals surface area contributed by atoms with E-state index in [9.17, 15) is 4.79 Å². The molecular weight excluding hydrogens is 476 g/mol. The fourth-order valence-electron chi connectivity index (χ4n) is 4.80. The minimum atomic E-state index is -1.03. The summed E-state index contributed by atoms with van der Waals surface area (Å²) in [6.45, 7) is 15.7. The minimum absolute atomic E-state index is 0.339. The topological polar surface area (TPSA) is 51.2 Å². The molecule has 4 rings (SSSR count). The first-order valence-corrected chi connectivity index (χ1v) is 13.5. The number of esters is 1. The average molecular weight is 517 g/mol. The van der Waals surface area contributed by atoms with Gasteiger partial charge in [0.2, 0.25) is 0 Å². The third-order valence-corrected chi connectivity index (χ3v) is 6.82. The smallest absolute Gasteiger partial charge is 0.349 e. The van der Waals surface area contributed by atoms with E-state index in [0.717, 1.165) is 67.6 Å². The second-order valence-electron chi connectivity index (χ2n) is 10.5. The SMILES string of the molecule is CCOC(=O)C(C)(C)Oc1c(C)cc(CN2CCN(Cc3ccc(Oc4ccccc4)cc3)CC2)cc1C. The fraction of sp³-hybridized carbons (Fsp3) is 0.406. The van der Waals surface area contributed by atoms with E-state index < -0.39 is 5.60 Å². The van der Waals surface area contributed by atoms with Gasteiger partial charge in [-0.25, -0.2) is 4.79 Å². The Morgan fingerprint density at radius 2 is 1.32 bits per heavy atom. The molecule has 6 heteroatoms. The lowest BCUT2D eigenvalue weighted by Crippen LogP contribution is -2.45. The molecule has 6 nitrogen and oxygen atoms in total. The van der Waals surface area contributed by atoms with Gasteiger partial charge in [-0.2, -0.15) is 0 Å². The van der Waals surface area contributed by atoms with E-state index >= 15 is 0 Å². The van der Waals surface area contributed by atoms with Crippen LogP contribution in [0.2, 0.25) is 0 Å². The molecule has 0 saturated carbocycles. The van der Waals surface area contributed by atoms with Crippen LogP contribution in [-0.2, 0) is 22.6 Å². The molecule has 0 spiro atoms. The normalized spacial score (nSPS) is 14.8. The van der Waals surface area contributed by atoms with Crippen molar-refractivity contribution < 1.29 is 19.0 Å². The maximum absolute atomic E-state index is 12.3. The number of aryl methyl sites for hydroxylation is 2. The summed E-state index contributed by atoms with van der Waals surface area (Å²) in [5.74, 6) is 2.12. The molecule has 0 amide bonds. The fourth-order valence-corrected chi connectivity index (χ4v) is 4.80. The number of rotatable bonds is 10. The van der Waals surface area contributed by atoms with Crippen molar-refractivity contribution in [2.24, 2.45) is 0 Å². The van der Waals surface area contributed by atoms with Gasteiger partial charge in [-0.15, -0.1) is 0 Å². The lowest BCUT2D eigenvalue weighted by molar-refractivity contribution is -0.158. The molecule has 1 aliphatic rings. The molecule has 0 radical (unpaired) electrons. The van der Waals surface area contributed by atoms with Crippen molar-refractivity contribution in [1.29, 1.82) is 0 Å². The second kappa shape index (κ2) is 12.5. The van der Waals surface area contributed by atoms with Gasteiger partial charge < -0.3 is 14.2 Å². The summed E-state index contributed by atoms with van der Waals surface area (Å²) in [4.78, 5) is 17.3. The number of carbonyl (C=O) groups is 1. The van der Waals surface area contributed by atoms with Gasteiger partial charge in [0.05, 0.1) is 6.61 Å². The van der Waals surface area contributed by atoms with Crippen molar-refractivity contribution in [3.8, 4) is 17.2 Å². The van der Waals surface area contributed by atoms with Crippen molar-refractivity contribution >= 4 is 5.97 Å². The average Bonchev–Trinajstić information content (AvgIpc) is 2.89. The monoisotopic (exact) mass is 516 g/mol. The van der Waals surface area contributed by atoms with Gasteiger partial charge in [0.15, 0.2) is 5.60 Å².